The summed E-state index contributed by atoms with van der Waals surface area (Å²) < 4.78 is 2.30. The van der Waals surface area contributed by atoms with E-state index in [2.05, 4.69) is 90.3 Å². The van der Waals surface area contributed by atoms with Gasteiger partial charge in [-0.05, 0) is 50.7 Å². The van der Waals surface area contributed by atoms with E-state index in [1.165, 1.54) is 125 Å². The Labute approximate surface area is 261 Å². The number of quaternary nitrogens is 2. The summed E-state index contributed by atoms with van der Waals surface area (Å²) in [6, 6.07) is 18.8. The summed E-state index contributed by atoms with van der Waals surface area (Å²) in [6.07, 6.45) is 16.6. The fourth-order valence-corrected chi connectivity index (χ4v) is 5.73. The molecular formula is C36H62Cl2N2. The third-order valence-electron chi connectivity index (χ3n) is 9.00. The molecule has 0 fully saturated rings. The molecule has 2 rings (SSSR count). The summed E-state index contributed by atoms with van der Waals surface area (Å²) in [5.74, 6) is 0. The molecule has 2 nitrogen and oxygen atoms in total. The minimum Gasteiger partial charge on any atom is -1.00 e. The standard InChI is InChI=1S/C36H62N2.2ClH/c1-7-11-13-15-17-19-29-37(5,9-3)31-33-21-25-35(26-22-33)36-27-23-34(24-28-36)32-38(6,10-4)30-20-18-16-14-12-8-2;;/h21-28H,7-20,29-32H2,1-6H3;2*1H/q+2;;/p-2. The van der Waals surface area contributed by atoms with Crippen molar-refractivity contribution in [3.63, 3.8) is 0 Å². The van der Waals surface area contributed by atoms with Crippen LogP contribution in [0.1, 0.15) is 116 Å². The topological polar surface area (TPSA) is 0 Å². The fraction of sp³-hybridized carbons (Fsp3) is 0.667. The van der Waals surface area contributed by atoms with E-state index in [0.29, 0.717) is 0 Å². The quantitative estimate of drug-likeness (QED) is 0.152. The van der Waals surface area contributed by atoms with Crippen LogP contribution in [0.3, 0.4) is 0 Å². The Morgan fingerprint density at radius 2 is 0.725 bits per heavy atom. The summed E-state index contributed by atoms with van der Waals surface area (Å²) in [6.45, 7) is 16.5. The highest BCUT2D eigenvalue weighted by Gasteiger charge is 2.20. The van der Waals surface area contributed by atoms with E-state index >= 15 is 0 Å². The second-order valence-corrected chi connectivity index (χ2v) is 12.6. The van der Waals surface area contributed by atoms with Gasteiger partial charge < -0.3 is 33.8 Å². The van der Waals surface area contributed by atoms with E-state index in [4.69, 9.17) is 0 Å². The van der Waals surface area contributed by atoms with Crippen molar-refractivity contribution in [3.05, 3.63) is 59.7 Å². The van der Waals surface area contributed by atoms with Gasteiger partial charge in [-0.25, -0.2) is 0 Å². The fourth-order valence-electron chi connectivity index (χ4n) is 5.73. The molecule has 0 radical (unpaired) electrons. The highest BCUT2D eigenvalue weighted by molar-refractivity contribution is 5.63. The van der Waals surface area contributed by atoms with Gasteiger partial charge in [-0.15, -0.1) is 0 Å². The second kappa shape index (κ2) is 21.6. The molecule has 2 atom stereocenters. The Balaban J connectivity index is 0.00000760. The molecule has 0 aliphatic heterocycles. The van der Waals surface area contributed by atoms with Crippen molar-refractivity contribution < 1.29 is 33.8 Å². The minimum absolute atomic E-state index is 0. The van der Waals surface area contributed by atoms with E-state index in [1.54, 1.807) is 0 Å². The maximum absolute atomic E-state index is 2.44. The first-order chi connectivity index (χ1) is 18.4. The summed E-state index contributed by atoms with van der Waals surface area (Å²) in [5.41, 5.74) is 5.60. The Hall–Kier alpha value is -1.06. The van der Waals surface area contributed by atoms with Crippen LogP contribution in [0, 0.1) is 0 Å². The molecule has 0 amide bonds. The monoisotopic (exact) mass is 592 g/mol. The predicted molar refractivity (Wildman–Crippen MR) is 169 cm³/mol. The summed E-state index contributed by atoms with van der Waals surface area (Å²) in [4.78, 5) is 0. The molecule has 4 heteroatoms. The highest BCUT2D eigenvalue weighted by atomic mass is 35.5. The lowest BCUT2D eigenvalue weighted by Gasteiger charge is -2.34. The molecule has 2 unspecified atom stereocenters. The van der Waals surface area contributed by atoms with Gasteiger partial charge >= 0.3 is 0 Å². The Morgan fingerprint density at radius 1 is 0.425 bits per heavy atom. The number of benzene rings is 2. The van der Waals surface area contributed by atoms with Crippen LogP contribution >= 0.6 is 0 Å². The van der Waals surface area contributed by atoms with Gasteiger partial charge in [0.1, 0.15) is 13.1 Å². The first-order valence-electron chi connectivity index (χ1n) is 16.2. The Morgan fingerprint density at radius 3 is 1.02 bits per heavy atom. The molecule has 2 aromatic rings. The van der Waals surface area contributed by atoms with Gasteiger partial charge in [0.25, 0.3) is 0 Å². The van der Waals surface area contributed by atoms with E-state index < -0.39 is 0 Å². The Bertz CT molecular complexity index is 794. The molecule has 0 bridgehead atoms. The van der Waals surface area contributed by atoms with Crippen molar-refractivity contribution in [2.45, 2.75) is 118 Å². The molecule has 40 heavy (non-hydrogen) atoms. The molecule has 2 aromatic carbocycles. The largest absolute Gasteiger partial charge is 1.00 e. The van der Waals surface area contributed by atoms with Gasteiger partial charge in [-0.2, -0.15) is 0 Å². The number of unbranched alkanes of at least 4 members (excludes halogenated alkanes) is 10. The van der Waals surface area contributed by atoms with Gasteiger partial charge in [0.15, 0.2) is 0 Å². The second-order valence-electron chi connectivity index (χ2n) is 12.6. The van der Waals surface area contributed by atoms with Crippen molar-refractivity contribution in [2.24, 2.45) is 0 Å². The van der Waals surface area contributed by atoms with Crippen LogP contribution in [-0.4, -0.2) is 49.2 Å². The lowest BCUT2D eigenvalue weighted by Crippen LogP contribution is -3.00. The van der Waals surface area contributed by atoms with Crippen LogP contribution in [0.4, 0.5) is 0 Å². The van der Waals surface area contributed by atoms with Crippen LogP contribution in [-0.2, 0) is 13.1 Å². The number of halogens is 2. The van der Waals surface area contributed by atoms with Crippen molar-refractivity contribution >= 4 is 0 Å². The maximum atomic E-state index is 2.44. The molecule has 0 aromatic heterocycles. The van der Waals surface area contributed by atoms with Crippen LogP contribution < -0.4 is 24.8 Å². The lowest BCUT2D eigenvalue weighted by atomic mass is 10.0. The zero-order chi connectivity index (χ0) is 27.7. The lowest BCUT2D eigenvalue weighted by molar-refractivity contribution is -0.921. The molecule has 0 aliphatic rings. The van der Waals surface area contributed by atoms with Gasteiger partial charge in [0.2, 0.25) is 0 Å². The van der Waals surface area contributed by atoms with Crippen LogP contribution in [0.2, 0.25) is 0 Å². The first-order valence-corrected chi connectivity index (χ1v) is 16.2. The molecule has 0 heterocycles. The predicted octanol–water partition coefficient (Wildman–Crippen LogP) is 4.02. The number of hydrogen-bond donors (Lipinski definition) is 0. The summed E-state index contributed by atoms with van der Waals surface area (Å²) in [7, 11) is 4.88. The van der Waals surface area contributed by atoms with Crippen molar-refractivity contribution in [1.82, 2.24) is 0 Å². The molecular weight excluding hydrogens is 531 g/mol. The number of rotatable bonds is 21. The highest BCUT2D eigenvalue weighted by Crippen LogP contribution is 2.24. The van der Waals surface area contributed by atoms with Crippen molar-refractivity contribution in [1.29, 1.82) is 0 Å². The van der Waals surface area contributed by atoms with Crippen LogP contribution in [0.15, 0.2) is 48.5 Å². The SMILES string of the molecule is CCCCCCCC[N+](C)(CC)Cc1ccc(-c2ccc(C[N+](C)(CC)CCCCCCCC)cc2)cc1.[Cl-].[Cl-]. The molecule has 0 saturated carbocycles. The van der Waals surface area contributed by atoms with Crippen LogP contribution in [0.5, 0.6) is 0 Å². The minimum atomic E-state index is 0. The van der Waals surface area contributed by atoms with Gasteiger partial charge in [0, 0.05) is 11.1 Å². The molecule has 0 N–H and O–H groups in total. The molecule has 0 spiro atoms. The average Bonchev–Trinajstić information content (AvgIpc) is 2.93. The first kappa shape index (κ1) is 38.9. The Kier molecular flexibility index (Phi) is 21.0. The van der Waals surface area contributed by atoms with E-state index in [0.717, 1.165) is 22.1 Å². The molecule has 0 saturated heterocycles. The third-order valence-corrected chi connectivity index (χ3v) is 9.00. The van der Waals surface area contributed by atoms with E-state index in [-0.39, 0.29) is 24.8 Å². The average molecular weight is 594 g/mol. The van der Waals surface area contributed by atoms with Crippen molar-refractivity contribution in [2.75, 3.05) is 40.3 Å². The zero-order valence-electron chi connectivity index (χ0n) is 27.0. The van der Waals surface area contributed by atoms with Gasteiger partial charge in [0.05, 0.1) is 40.3 Å². The number of hydrogen-bond acceptors (Lipinski definition) is 0. The van der Waals surface area contributed by atoms with Crippen LogP contribution in [0.25, 0.3) is 11.1 Å². The van der Waals surface area contributed by atoms with Gasteiger partial charge in [-0.1, -0.05) is 114 Å². The zero-order valence-corrected chi connectivity index (χ0v) is 28.5. The molecule has 0 aliphatic carbocycles. The summed E-state index contributed by atoms with van der Waals surface area (Å²) >= 11 is 0. The van der Waals surface area contributed by atoms with Gasteiger partial charge in [-0.3, -0.25) is 0 Å². The van der Waals surface area contributed by atoms with Crippen molar-refractivity contribution in [3.8, 4) is 11.1 Å². The normalized spacial score (nSPS) is 14.1. The number of nitrogens with zero attached hydrogens (tertiary/aromatic N) is 2. The van der Waals surface area contributed by atoms with E-state index in [9.17, 15) is 0 Å². The third kappa shape index (κ3) is 14.7. The maximum Gasteiger partial charge on any atom is 0.104 e. The van der Waals surface area contributed by atoms with E-state index in [1.807, 2.05) is 0 Å². The smallest absolute Gasteiger partial charge is 0.104 e. The molecule has 230 valence electrons. The summed E-state index contributed by atoms with van der Waals surface area (Å²) in [5, 5.41) is 0.